The van der Waals surface area contributed by atoms with E-state index >= 15 is 0 Å². The summed E-state index contributed by atoms with van der Waals surface area (Å²) in [5.74, 6) is -2.35. The van der Waals surface area contributed by atoms with Gasteiger partial charge in [0.15, 0.2) is 5.54 Å². The fraction of sp³-hybridized carbons (Fsp3) is 0.818. The molecule has 0 aliphatic carbocycles. The molecule has 0 saturated carbocycles. The molecule has 2 aliphatic rings. The van der Waals surface area contributed by atoms with Crippen molar-refractivity contribution in [1.82, 2.24) is 4.90 Å². The van der Waals surface area contributed by atoms with Gasteiger partial charge >= 0.3 is 5.97 Å². The monoisotopic (exact) mass is 243 g/mol. The van der Waals surface area contributed by atoms with Gasteiger partial charge in [0.1, 0.15) is 12.8 Å². The first-order valence-electron chi connectivity index (χ1n) is 5.69. The molecule has 0 radical (unpaired) electrons. The van der Waals surface area contributed by atoms with Crippen molar-refractivity contribution >= 4 is 11.9 Å². The average molecular weight is 243 g/mol. The lowest BCUT2D eigenvalue weighted by Crippen LogP contribution is -2.61. The molecular formula is C11H17NO5. The number of carbonyl (C=O) groups is 2. The zero-order valence-corrected chi connectivity index (χ0v) is 10.1. The Morgan fingerprint density at radius 3 is 2.65 bits per heavy atom. The third-order valence-corrected chi connectivity index (χ3v) is 3.79. The molecule has 1 amide bonds. The number of fused-ring (bicyclic) bond motifs is 1. The predicted molar refractivity (Wildman–Crippen MR) is 57.0 cm³/mol. The van der Waals surface area contributed by atoms with Crippen molar-refractivity contribution in [1.29, 1.82) is 0 Å². The number of ether oxygens (including phenoxy) is 1. The van der Waals surface area contributed by atoms with E-state index in [4.69, 9.17) is 4.74 Å². The van der Waals surface area contributed by atoms with Crippen LogP contribution in [0.4, 0.5) is 0 Å². The molecule has 17 heavy (non-hydrogen) atoms. The Morgan fingerprint density at radius 1 is 1.59 bits per heavy atom. The lowest BCUT2D eigenvalue weighted by atomic mass is 9.80. The molecule has 2 saturated heterocycles. The van der Waals surface area contributed by atoms with Crippen LogP contribution in [0.15, 0.2) is 0 Å². The molecule has 0 spiro atoms. The summed E-state index contributed by atoms with van der Waals surface area (Å²) in [7, 11) is 0. The van der Waals surface area contributed by atoms with Gasteiger partial charge in [-0.15, -0.1) is 0 Å². The van der Waals surface area contributed by atoms with Gasteiger partial charge in [0.2, 0.25) is 5.91 Å². The number of amides is 1. The van der Waals surface area contributed by atoms with E-state index in [0.717, 1.165) is 4.90 Å². The minimum Gasteiger partial charge on any atom is -0.479 e. The average Bonchev–Trinajstić information content (AvgIpc) is 2.73. The van der Waals surface area contributed by atoms with E-state index in [1.807, 2.05) is 13.8 Å². The maximum Gasteiger partial charge on any atom is 0.335 e. The van der Waals surface area contributed by atoms with Crippen LogP contribution in [0.1, 0.15) is 20.8 Å². The quantitative estimate of drug-likeness (QED) is 0.693. The van der Waals surface area contributed by atoms with Gasteiger partial charge in [0.25, 0.3) is 0 Å². The van der Waals surface area contributed by atoms with Crippen LogP contribution in [-0.4, -0.2) is 51.5 Å². The number of hydrogen-bond acceptors (Lipinski definition) is 4. The number of hydrogen-bond donors (Lipinski definition) is 2. The molecular weight excluding hydrogens is 226 g/mol. The van der Waals surface area contributed by atoms with Gasteiger partial charge < -0.3 is 14.9 Å². The van der Waals surface area contributed by atoms with Crippen LogP contribution in [0.3, 0.4) is 0 Å². The Morgan fingerprint density at radius 2 is 2.18 bits per heavy atom. The number of carboxylic acids is 1. The van der Waals surface area contributed by atoms with E-state index in [1.54, 1.807) is 6.92 Å². The number of aliphatic hydroxyl groups excluding tert-OH is 1. The van der Waals surface area contributed by atoms with Crippen molar-refractivity contribution in [3.63, 3.8) is 0 Å². The van der Waals surface area contributed by atoms with E-state index in [-0.39, 0.29) is 18.6 Å². The zero-order chi connectivity index (χ0) is 13.0. The van der Waals surface area contributed by atoms with E-state index in [2.05, 4.69) is 0 Å². The van der Waals surface area contributed by atoms with Crippen molar-refractivity contribution in [3.05, 3.63) is 0 Å². The minimum atomic E-state index is -1.62. The molecule has 2 rings (SSSR count). The second-order valence-electron chi connectivity index (χ2n) is 5.09. The van der Waals surface area contributed by atoms with Crippen LogP contribution in [0.2, 0.25) is 0 Å². The second kappa shape index (κ2) is 3.68. The van der Waals surface area contributed by atoms with Crippen LogP contribution < -0.4 is 0 Å². The zero-order valence-electron chi connectivity index (χ0n) is 10.1. The molecule has 2 aliphatic heterocycles. The lowest BCUT2D eigenvalue weighted by molar-refractivity contribution is -0.159. The summed E-state index contributed by atoms with van der Waals surface area (Å²) in [6, 6.07) is 0. The summed E-state index contributed by atoms with van der Waals surface area (Å²) >= 11 is 0. The highest BCUT2D eigenvalue weighted by molar-refractivity contribution is 5.94. The first kappa shape index (κ1) is 12.3. The summed E-state index contributed by atoms with van der Waals surface area (Å²) in [5, 5.41) is 19.6. The van der Waals surface area contributed by atoms with Gasteiger partial charge in [-0.1, -0.05) is 20.8 Å². The standard InChI is InChI=1S/C11H17NO5/c1-5(2)8-11(10(15)16)7(13)6(3)9(14)12(11)4-17-8/h5-8,13H,4H2,1-3H3,(H,15,16)/t6-,7+,8-,11?/m0/s1. The number of aliphatic hydroxyl groups is 1. The molecule has 1 unspecified atom stereocenters. The number of rotatable bonds is 2. The summed E-state index contributed by atoms with van der Waals surface area (Å²) < 4.78 is 5.40. The molecule has 2 heterocycles. The maximum absolute atomic E-state index is 11.9. The smallest absolute Gasteiger partial charge is 0.335 e. The maximum atomic E-state index is 11.9. The lowest BCUT2D eigenvalue weighted by Gasteiger charge is -2.35. The van der Waals surface area contributed by atoms with Crippen LogP contribution in [0.5, 0.6) is 0 Å². The van der Waals surface area contributed by atoms with E-state index in [0.29, 0.717) is 0 Å². The van der Waals surface area contributed by atoms with Crippen molar-refractivity contribution in [2.75, 3.05) is 6.73 Å². The molecule has 96 valence electrons. The third kappa shape index (κ3) is 1.28. The molecule has 0 aromatic rings. The molecule has 0 aromatic carbocycles. The van der Waals surface area contributed by atoms with Crippen molar-refractivity contribution < 1.29 is 24.5 Å². The van der Waals surface area contributed by atoms with E-state index < -0.39 is 29.6 Å². The molecule has 4 atom stereocenters. The number of aliphatic carboxylic acids is 1. The summed E-state index contributed by atoms with van der Waals surface area (Å²) in [5.41, 5.74) is -1.62. The molecule has 2 N–H and O–H groups in total. The van der Waals surface area contributed by atoms with Gasteiger partial charge in [-0.05, 0) is 5.92 Å². The van der Waals surface area contributed by atoms with Gasteiger partial charge in [-0.2, -0.15) is 0 Å². The second-order valence-corrected chi connectivity index (χ2v) is 5.09. The van der Waals surface area contributed by atoms with Crippen LogP contribution in [0.25, 0.3) is 0 Å². The van der Waals surface area contributed by atoms with Crippen molar-refractivity contribution in [2.45, 2.75) is 38.5 Å². The Bertz CT molecular complexity index is 369. The Hall–Kier alpha value is -1.14. The Kier molecular flexibility index (Phi) is 2.67. The molecule has 0 aromatic heterocycles. The van der Waals surface area contributed by atoms with Crippen LogP contribution in [-0.2, 0) is 14.3 Å². The van der Waals surface area contributed by atoms with Gasteiger partial charge in [0.05, 0.1) is 12.0 Å². The van der Waals surface area contributed by atoms with E-state index in [1.165, 1.54) is 0 Å². The highest BCUT2D eigenvalue weighted by Gasteiger charge is 2.69. The van der Waals surface area contributed by atoms with Crippen molar-refractivity contribution in [2.24, 2.45) is 11.8 Å². The third-order valence-electron chi connectivity index (χ3n) is 3.79. The fourth-order valence-electron chi connectivity index (χ4n) is 2.94. The van der Waals surface area contributed by atoms with E-state index in [9.17, 15) is 19.8 Å². The largest absolute Gasteiger partial charge is 0.479 e. The Balaban J connectivity index is 2.53. The van der Waals surface area contributed by atoms with Crippen molar-refractivity contribution in [3.8, 4) is 0 Å². The molecule has 6 nitrogen and oxygen atoms in total. The minimum absolute atomic E-state index is 0.0601. The normalized spacial score (nSPS) is 41.1. The van der Waals surface area contributed by atoms with Gasteiger partial charge in [-0.3, -0.25) is 9.69 Å². The number of carboxylic acid groups (broad SMARTS) is 1. The first-order chi connectivity index (χ1) is 7.85. The first-order valence-corrected chi connectivity index (χ1v) is 5.69. The fourth-order valence-corrected chi connectivity index (χ4v) is 2.94. The summed E-state index contributed by atoms with van der Waals surface area (Å²) in [6.07, 6.45) is -1.91. The number of nitrogens with zero attached hydrogens (tertiary/aromatic N) is 1. The van der Waals surface area contributed by atoms with Crippen LogP contribution >= 0.6 is 0 Å². The SMILES string of the molecule is CC(C)[C@@H]1OCN2C(=O)[C@@H](C)[C@@H](O)C12C(=O)O. The topological polar surface area (TPSA) is 87.1 Å². The highest BCUT2D eigenvalue weighted by Crippen LogP contribution is 2.44. The molecule has 2 fully saturated rings. The summed E-state index contributed by atoms with van der Waals surface area (Å²) in [6.45, 7) is 5.13. The predicted octanol–water partition coefficient (Wildman–Crippen LogP) is -0.339. The highest BCUT2D eigenvalue weighted by atomic mass is 16.5. The molecule has 0 bridgehead atoms. The van der Waals surface area contributed by atoms with Gasteiger partial charge in [-0.25, -0.2) is 4.79 Å². The summed E-state index contributed by atoms with van der Waals surface area (Å²) in [4.78, 5) is 24.6. The van der Waals surface area contributed by atoms with Gasteiger partial charge in [0, 0.05) is 0 Å². The number of carbonyl (C=O) groups excluding carboxylic acids is 1. The molecule has 6 heteroatoms. The van der Waals surface area contributed by atoms with Crippen LogP contribution in [0, 0.1) is 11.8 Å². The Labute approximate surface area is 99.2 Å².